The highest BCUT2D eigenvalue weighted by Crippen LogP contribution is 2.36. The van der Waals surface area contributed by atoms with Gasteiger partial charge in [0.1, 0.15) is 5.69 Å². The Morgan fingerprint density at radius 1 is 1.10 bits per heavy atom. The SMILES string of the molecule is O=[N+]([O-])c1cc(S(=O)(=O)C(F)(F)F)ccc1N1CCN(Cc2ccccn2)CC1. The third-order valence-electron chi connectivity index (χ3n) is 4.58. The smallest absolute Gasteiger partial charge is 0.363 e. The molecule has 156 valence electrons. The zero-order chi connectivity index (χ0) is 21.2. The monoisotopic (exact) mass is 430 g/mol. The Morgan fingerprint density at radius 2 is 1.79 bits per heavy atom. The average Bonchev–Trinajstić information content (AvgIpc) is 2.68. The van der Waals surface area contributed by atoms with E-state index in [1.54, 1.807) is 11.1 Å². The fraction of sp³-hybridized carbons (Fsp3) is 0.353. The number of pyridine rings is 1. The number of nitro groups is 1. The second-order valence-electron chi connectivity index (χ2n) is 6.44. The second-order valence-corrected chi connectivity index (χ2v) is 8.38. The van der Waals surface area contributed by atoms with E-state index in [-0.39, 0.29) is 5.69 Å². The van der Waals surface area contributed by atoms with Crippen LogP contribution in [0.15, 0.2) is 47.5 Å². The lowest BCUT2D eigenvalue weighted by Crippen LogP contribution is -2.46. The van der Waals surface area contributed by atoms with Gasteiger partial charge in [-0.1, -0.05) is 6.07 Å². The van der Waals surface area contributed by atoms with Gasteiger partial charge in [-0.3, -0.25) is 20.0 Å². The molecule has 1 aromatic heterocycles. The van der Waals surface area contributed by atoms with Gasteiger partial charge in [-0.2, -0.15) is 13.2 Å². The molecule has 0 spiro atoms. The molecule has 8 nitrogen and oxygen atoms in total. The zero-order valence-electron chi connectivity index (χ0n) is 15.0. The maximum atomic E-state index is 12.8. The van der Waals surface area contributed by atoms with Crippen LogP contribution in [0.3, 0.4) is 0 Å². The number of sulfone groups is 1. The van der Waals surface area contributed by atoms with E-state index in [2.05, 4.69) is 9.88 Å². The maximum Gasteiger partial charge on any atom is 0.501 e. The van der Waals surface area contributed by atoms with Crippen molar-refractivity contribution in [3.63, 3.8) is 0 Å². The van der Waals surface area contributed by atoms with Crippen LogP contribution in [0.5, 0.6) is 0 Å². The van der Waals surface area contributed by atoms with Gasteiger partial charge in [0.25, 0.3) is 15.5 Å². The standard InChI is InChI=1S/C17H17F3N4O4S/c18-17(19,20)29(27,28)14-4-5-15(16(11-14)24(25)26)23-9-7-22(8-10-23)12-13-3-1-2-6-21-13/h1-6,11H,7-10,12H2. The number of alkyl halides is 3. The third-order valence-corrected chi connectivity index (χ3v) is 6.07. The van der Waals surface area contributed by atoms with Crippen molar-refractivity contribution < 1.29 is 26.5 Å². The molecular formula is C17H17F3N4O4S. The molecule has 2 heterocycles. The van der Waals surface area contributed by atoms with Crippen LogP contribution in [0, 0.1) is 10.1 Å². The molecule has 0 bridgehead atoms. The maximum absolute atomic E-state index is 12.8. The minimum Gasteiger partial charge on any atom is -0.363 e. The third kappa shape index (κ3) is 4.48. The summed E-state index contributed by atoms with van der Waals surface area (Å²) in [5, 5.41) is 11.4. The van der Waals surface area contributed by atoms with E-state index in [1.165, 1.54) is 0 Å². The van der Waals surface area contributed by atoms with E-state index < -0.39 is 30.9 Å². The van der Waals surface area contributed by atoms with E-state index in [1.807, 2.05) is 18.2 Å². The Morgan fingerprint density at radius 3 is 2.34 bits per heavy atom. The highest BCUT2D eigenvalue weighted by Gasteiger charge is 2.47. The average molecular weight is 430 g/mol. The quantitative estimate of drug-likeness (QED) is 0.531. The van der Waals surface area contributed by atoms with Crippen LogP contribution in [0.4, 0.5) is 24.5 Å². The van der Waals surface area contributed by atoms with Gasteiger partial charge >= 0.3 is 5.51 Å². The summed E-state index contributed by atoms with van der Waals surface area (Å²) in [4.78, 5) is 17.4. The van der Waals surface area contributed by atoms with Gasteiger partial charge in [-0.15, -0.1) is 0 Å². The van der Waals surface area contributed by atoms with Gasteiger partial charge in [-0.05, 0) is 24.3 Å². The molecule has 0 amide bonds. The van der Waals surface area contributed by atoms with Gasteiger partial charge in [-0.25, -0.2) is 8.42 Å². The fourth-order valence-corrected chi connectivity index (χ4v) is 3.87. The summed E-state index contributed by atoms with van der Waals surface area (Å²) in [6, 6.07) is 7.85. The number of halogens is 3. The van der Waals surface area contributed by atoms with E-state index in [0.29, 0.717) is 38.8 Å². The summed E-state index contributed by atoms with van der Waals surface area (Å²) in [5.41, 5.74) is -5.23. The lowest BCUT2D eigenvalue weighted by Gasteiger charge is -2.35. The number of benzene rings is 1. The fourth-order valence-electron chi connectivity index (χ4n) is 3.09. The van der Waals surface area contributed by atoms with Crippen LogP contribution in [-0.4, -0.2) is 54.9 Å². The molecule has 1 fully saturated rings. The number of hydrogen-bond acceptors (Lipinski definition) is 7. The number of nitrogens with zero attached hydrogens (tertiary/aromatic N) is 4. The first kappa shape index (κ1) is 21.0. The van der Waals surface area contributed by atoms with Crippen molar-refractivity contribution in [1.29, 1.82) is 0 Å². The van der Waals surface area contributed by atoms with E-state index >= 15 is 0 Å². The second kappa shape index (κ2) is 7.95. The zero-order valence-corrected chi connectivity index (χ0v) is 15.9. The van der Waals surface area contributed by atoms with E-state index in [4.69, 9.17) is 0 Å². The minimum atomic E-state index is -5.66. The van der Waals surface area contributed by atoms with Crippen LogP contribution in [0.2, 0.25) is 0 Å². The minimum absolute atomic E-state index is 0.0913. The van der Waals surface area contributed by atoms with Crippen LogP contribution in [-0.2, 0) is 16.4 Å². The molecule has 0 atom stereocenters. The van der Waals surface area contributed by atoms with Crippen molar-refractivity contribution in [3.05, 3.63) is 58.4 Å². The molecule has 0 N–H and O–H groups in total. The number of aromatic nitrogens is 1. The highest BCUT2D eigenvalue weighted by molar-refractivity contribution is 7.92. The van der Waals surface area contributed by atoms with Gasteiger partial charge in [0.05, 0.1) is 15.5 Å². The highest BCUT2D eigenvalue weighted by atomic mass is 32.2. The Balaban J connectivity index is 1.78. The molecule has 1 aliphatic heterocycles. The molecule has 2 aromatic rings. The normalized spacial score (nSPS) is 16.0. The molecule has 3 rings (SSSR count). The molecule has 0 saturated carbocycles. The molecule has 1 aliphatic rings. The molecule has 1 saturated heterocycles. The summed E-state index contributed by atoms with van der Waals surface area (Å²) in [6.07, 6.45) is 1.69. The Kier molecular flexibility index (Phi) is 5.75. The Labute approximate surface area is 164 Å². The Bertz CT molecular complexity index is 991. The molecule has 29 heavy (non-hydrogen) atoms. The summed E-state index contributed by atoms with van der Waals surface area (Å²) >= 11 is 0. The summed E-state index contributed by atoms with van der Waals surface area (Å²) < 4.78 is 61.4. The van der Waals surface area contributed by atoms with Crippen molar-refractivity contribution in [2.24, 2.45) is 0 Å². The van der Waals surface area contributed by atoms with Crippen LogP contribution in [0.1, 0.15) is 5.69 Å². The summed E-state index contributed by atoms with van der Waals surface area (Å²) in [5.74, 6) is 0. The number of nitro benzene ring substituents is 1. The first-order valence-corrected chi connectivity index (χ1v) is 10.0. The number of rotatable bonds is 5. The van der Waals surface area contributed by atoms with E-state index in [0.717, 1.165) is 17.8 Å². The molecule has 0 unspecified atom stereocenters. The predicted molar refractivity (Wildman–Crippen MR) is 98.1 cm³/mol. The number of hydrogen-bond donors (Lipinski definition) is 0. The van der Waals surface area contributed by atoms with Crippen LogP contribution >= 0.6 is 0 Å². The first-order chi connectivity index (χ1) is 13.6. The summed E-state index contributed by atoms with van der Waals surface area (Å²) in [7, 11) is -5.66. The van der Waals surface area contributed by atoms with E-state index in [9.17, 15) is 31.7 Å². The van der Waals surface area contributed by atoms with Gasteiger partial charge in [0.2, 0.25) is 0 Å². The Hall–Kier alpha value is -2.73. The summed E-state index contributed by atoms with van der Waals surface area (Å²) in [6.45, 7) is 2.55. The molecule has 0 aliphatic carbocycles. The lowest BCUT2D eigenvalue weighted by molar-refractivity contribution is -0.384. The van der Waals surface area contributed by atoms with Crippen LogP contribution < -0.4 is 4.90 Å². The predicted octanol–water partition coefficient (Wildman–Crippen LogP) is 2.61. The molecule has 0 radical (unpaired) electrons. The van der Waals surface area contributed by atoms with Crippen LogP contribution in [0.25, 0.3) is 0 Å². The largest absolute Gasteiger partial charge is 0.501 e. The van der Waals surface area contributed by atoms with Gasteiger partial charge in [0, 0.05) is 45.0 Å². The van der Waals surface area contributed by atoms with Crippen molar-refractivity contribution >= 4 is 21.2 Å². The number of anilines is 1. The van der Waals surface area contributed by atoms with Crippen molar-refractivity contribution in [3.8, 4) is 0 Å². The molecule has 12 heteroatoms. The van der Waals surface area contributed by atoms with Crippen molar-refractivity contribution in [2.75, 3.05) is 31.1 Å². The van der Waals surface area contributed by atoms with Crippen molar-refractivity contribution in [1.82, 2.24) is 9.88 Å². The molecule has 1 aromatic carbocycles. The van der Waals surface area contributed by atoms with Gasteiger partial charge < -0.3 is 4.90 Å². The lowest BCUT2D eigenvalue weighted by atomic mass is 10.2. The van der Waals surface area contributed by atoms with Crippen molar-refractivity contribution in [2.45, 2.75) is 16.9 Å². The van der Waals surface area contributed by atoms with Gasteiger partial charge in [0.15, 0.2) is 0 Å². The first-order valence-electron chi connectivity index (χ1n) is 8.56. The molecular weight excluding hydrogens is 413 g/mol. The topological polar surface area (TPSA) is 96.6 Å². The number of piperazine rings is 1.